The Hall–Kier alpha value is -0.330. The van der Waals surface area contributed by atoms with E-state index in [0.29, 0.717) is 0 Å². The first-order valence-corrected chi connectivity index (χ1v) is 5.37. The molecule has 0 saturated heterocycles. The third-order valence-corrected chi connectivity index (χ3v) is 2.85. The van der Waals surface area contributed by atoms with E-state index in [0.717, 1.165) is 6.26 Å². The molecule has 0 radical (unpaired) electrons. The Balaban J connectivity index is 0. The van der Waals surface area contributed by atoms with E-state index >= 15 is 0 Å². The fourth-order valence-electron chi connectivity index (χ4n) is 0.812. The highest BCUT2D eigenvalue weighted by atomic mass is 35.5. The molecule has 2 atom stereocenters. The van der Waals surface area contributed by atoms with Crippen molar-refractivity contribution in [3.05, 3.63) is 0 Å². The third kappa shape index (κ3) is 5.84. The molecule has 0 aromatic carbocycles. The number of hydrogen-bond donors (Lipinski definition) is 2. The summed E-state index contributed by atoms with van der Waals surface area (Å²) >= 11 is 0. The van der Waals surface area contributed by atoms with Gasteiger partial charge in [0.2, 0.25) is 5.91 Å². The molecule has 0 fully saturated rings. The number of carbonyl (C=O) groups excluding carboxylic acids is 1. The van der Waals surface area contributed by atoms with Crippen LogP contribution in [0, 0.1) is 0 Å². The van der Waals surface area contributed by atoms with Gasteiger partial charge in [0.1, 0.15) is 5.25 Å². The van der Waals surface area contributed by atoms with Crippen LogP contribution in [0.2, 0.25) is 0 Å². The van der Waals surface area contributed by atoms with Crippen LogP contribution in [0.25, 0.3) is 0 Å². The first-order chi connectivity index (χ1) is 5.25. The standard InChI is InChI=1S/C6H13NO4S.ClH/c1-4(8)3-5(6(7)9)12(2,10)11;/h4-5,8H,3H2,1-2H3,(H2,7,9);1H. The van der Waals surface area contributed by atoms with E-state index in [1.165, 1.54) is 6.92 Å². The van der Waals surface area contributed by atoms with Crippen molar-refractivity contribution >= 4 is 28.2 Å². The summed E-state index contributed by atoms with van der Waals surface area (Å²) < 4.78 is 21.8. The molecule has 80 valence electrons. The van der Waals surface area contributed by atoms with Gasteiger partial charge in [-0.2, -0.15) is 0 Å². The molecule has 0 heterocycles. The van der Waals surface area contributed by atoms with Gasteiger partial charge >= 0.3 is 0 Å². The van der Waals surface area contributed by atoms with Crippen LogP contribution in [0.3, 0.4) is 0 Å². The van der Waals surface area contributed by atoms with Gasteiger partial charge < -0.3 is 10.8 Å². The molecular formula is C6H14ClNO4S. The quantitative estimate of drug-likeness (QED) is 0.654. The second kappa shape index (κ2) is 5.41. The Morgan fingerprint density at radius 1 is 1.54 bits per heavy atom. The number of sulfone groups is 1. The number of nitrogens with two attached hydrogens (primary N) is 1. The normalized spacial score (nSPS) is 15.6. The van der Waals surface area contributed by atoms with E-state index in [1.54, 1.807) is 0 Å². The Bertz CT molecular complexity index is 262. The van der Waals surface area contributed by atoms with E-state index in [2.05, 4.69) is 0 Å². The van der Waals surface area contributed by atoms with Crippen molar-refractivity contribution in [2.75, 3.05) is 6.26 Å². The minimum Gasteiger partial charge on any atom is -0.393 e. The molecule has 0 aliphatic carbocycles. The molecule has 0 bridgehead atoms. The van der Waals surface area contributed by atoms with E-state index in [4.69, 9.17) is 10.8 Å². The lowest BCUT2D eigenvalue weighted by atomic mass is 10.2. The molecule has 13 heavy (non-hydrogen) atoms. The molecule has 1 amide bonds. The average Bonchev–Trinajstić information content (AvgIpc) is 1.79. The molecule has 7 heteroatoms. The summed E-state index contributed by atoms with van der Waals surface area (Å²) in [4.78, 5) is 10.6. The fourth-order valence-corrected chi connectivity index (χ4v) is 1.86. The number of carbonyl (C=O) groups is 1. The van der Waals surface area contributed by atoms with Crippen molar-refractivity contribution in [3.63, 3.8) is 0 Å². The van der Waals surface area contributed by atoms with Crippen molar-refractivity contribution < 1.29 is 18.3 Å². The zero-order chi connectivity index (χ0) is 9.94. The zero-order valence-electron chi connectivity index (χ0n) is 7.43. The van der Waals surface area contributed by atoms with Crippen LogP contribution in [0.15, 0.2) is 0 Å². The summed E-state index contributed by atoms with van der Waals surface area (Å²) in [5, 5.41) is 7.58. The van der Waals surface area contributed by atoms with Crippen LogP contribution < -0.4 is 5.73 Å². The van der Waals surface area contributed by atoms with Gasteiger partial charge in [-0.25, -0.2) is 8.42 Å². The second-order valence-electron chi connectivity index (χ2n) is 2.81. The molecule has 2 unspecified atom stereocenters. The predicted octanol–water partition coefficient (Wildman–Crippen LogP) is -0.922. The number of aliphatic hydroxyl groups excluding tert-OH is 1. The lowest BCUT2D eigenvalue weighted by Crippen LogP contribution is -2.37. The van der Waals surface area contributed by atoms with Crippen LogP contribution in [0.5, 0.6) is 0 Å². The van der Waals surface area contributed by atoms with E-state index in [-0.39, 0.29) is 18.8 Å². The Morgan fingerprint density at radius 2 is 1.92 bits per heavy atom. The Morgan fingerprint density at radius 3 is 2.00 bits per heavy atom. The third-order valence-electron chi connectivity index (χ3n) is 1.39. The molecule has 0 rings (SSSR count). The van der Waals surface area contributed by atoms with Crippen LogP contribution in [-0.2, 0) is 14.6 Å². The summed E-state index contributed by atoms with van der Waals surface area (Å²) in [6, 6.07) is 0. The zero-order valence-corrected chi connectivity index (χ0v) is 9.06. The van der Waals surface area contributed by atoms with Gasteiger partial charge in [0, 0.05) is 6.26 Å². The summed E-state index contributed by atoms with van der Waals surface area (Å²) in [7, 11) is -3.49. The Labute approximate surface area is 83.6 Å². The maximum absolute atomic E-state index is 10.9. The Kier molecular flexibility index (Phi) is 6.31. The van der Waals surface area contributed by atoms with Crippen LogP contribution in [0.4, 0.5) is 0 Å². The topological polar surface area (TPSA) is 97.5 Å². The van der Waals surface area contributed by atoms with E-state index in [1.807, 2.05) is 0 Å². The molecule has 0 saturated carbocycles. The van der Waals surface area contributed by atoms with Crippen molar-refractivity contribution in [2.24, 2.45) is 5.73 Å². The number of halogens is 1. The van der Waals surface area contributed by atoms with Gasteiger partial charge in [0.25, 0.3) is 0 Å². The smallest absolute Gasteiger partial charge is 0.235 e. The number of rotatable bonds is 4. The summed E-state index contributed by atoms with van der Waals surface area (Å²) in [5.41, 5.74) is 4.84. The number of amides is 1. The van der Waals surface area contributed by atoms with Crippen molar-refractivity contribution in [2.45, 2.75) is 24.7 Å². The first-order valence-electron chi connectivity index (χ1n) is 3.41. The fraction of sp³-hybridized carbons (Fsp3) is 0.833. The summed E-state index contributed by atoms with van der Waals surface area (Å²) in [5.74, 6) is -0.918. The van der Waals surface area contributed by atoms with Crippen LogP contribution in [-0.4, -0.2) is 37.0 Å². The van der Waals surface area contributed by atoms with Crippen molar-refractivity contribution in [3.8, 4) is 0 Å². The highest BCUT2D eigenvalue weighted by Crippen LogP contribution is 2.06. The lowest BCUT2D eigenvalue weighted by molar-refractivity contribution is -0.118. The molecule has 0 aliphatic heterocycles. The van der Waals surface area contributed by atoms with E-state index < -0.39 is 27.1 Å². The maximum atomic E-state index is 10.9. The van der Waals surface area contributed by atoms with Gasteiger partial charge in [-0.3, -0.25) is 4.79 Å². The van der Waals surface area contributed by atoms with Gasteiger partial charge in [0.05, 0.1) is 6.10 Å². The van der Waals surface area contributed by atoms with Gasteiger partial charge in [-0.1, -0.05) is 0 Å². The van der Waals surface area contributed by atoms with Crippen LogP contribution >= 0.6 is 12.4 Å². The van der Waals surface area contributed by atoms with Gasteiger partial charge in [0.15, 0.2) is 9.84 Å². The highest BCUT2D eigenvalue weighted by molar-refractivity contribution is 7.92. The maximum Gasteiger partial charge on any atom is 0.235 e. The molecular weight excluding hydrogens is 218 g/mol. The molecule has 0 aromatic rings. The largest absolute Gasteiger partial charge is 0.393 e. The minimum absolute atomic E-state index is 0. The van der Waals surface area contributed by atoms with Crippen molar-refractivity contribution in [1.82, 2.24) is 0 Å². The van der Waals surface area contributed by atoms with Gasteiger partial charge in [-0.15, -0.1) is 12.4 Å². The monoisotopic (exact) mass is 231 g/mol. The lowest BCUT2D eigenvalue weighted by Gasteiger charge is -2.12. The summed E-state index contributed by atoms with van der Waals surface area (Å²) in [6.45, 7) is 1.40. The molecule has 0 spiro atoms. The van der Waals surface area contributed by atoms with Gasteiger partial charge in [-0.05, 0) is 13.3 Å². The van der Waals surface area contributed by atoms with Crippen molar-refractivity contribution in [1.29, 1.82) is 0 Å². The number of hydrogen-bond acceptors (Lipinski definition) is 4. The average molecular weight is 232 g/mol. The molecule has 3 N–H and O–H groups in total. The first kappa shape index (κ1) is 15.2. The molecule has 0 aliphatic rings. The second-order valence-corrected chi connectivity index (χ2v) is 5.03. The number of primary amides is 1. The van der Waals surface area contributed by atoms with Crippen LogP contribution in [0.1, 0.15) is 13.3 Å². The SMILES string of the molecule is CC(O)CC(C(N)=O)S(C)(=O)=O.Cl. The molecule has 5 nitrogen and oxygen atoms in total. The molecule has 0 aromatic heterocycles. The summed E-state index contributed by atoms with van der Waals surface area (Å²) in [6.07, 6.45) is -0.0730. The minimum atomic E-state index is -3.49. The predicted molar refractivity (Wildman–Crippen MR) is 51.4 cm³/mol. The number of aliphatic hydroxyl groups is 1. The van der Waals surface area contributed by atoms with E-state index in [9.17, 15) is 13.2 Å². The highest BCUT2D eigenvalue weighted by Gasteiger charge is 2.27.